The average Bonchev–Trinajstić information content (AvgIpc) is 2.75. The summed E-state index contributed by atoms with van der Waals surface area (Å²) >= 11 is 5.72. The monoisotopic (exact) mass is 231 g/mol. The number of halogens is 1. The number of nitrogens with zero attached hydrogens (tertiary/aromatic N) is 5. The van der Waals surface area contributed by atoms with E-state index in [4.69, 9.17) is 11.6 Å². The van der Waals surface area contributed by atoms with E-state index in [1.54, 1.807) is 23.0 Å². The zero-order chi connectivity index (χ0) is 11.0. The van der Waals surface area contributed by atoms with Crippen LogP contribution in [0.3, 0.4) is 0 Å². The van der Waals surface area contributed by atoms with Gasteiger partial charge < -0.3 is 0 Å². The normalized spacial score (nSPS) is 10.8. The van der Waals surface area contributed by atoms with Crippen molar-refractivity contribution in [2.75, 3.05) is 0 Å². The van der Waals surface area contributed by atoms with E-state index in [-0.39, 0.29) is 5.28 Å². The predicted molar refractivity (Wildman–Crippen MR) is 59.0 cm³/mol. The molecular formula is C10H6ClN5. The van der Waals surface area contributed by atoms with E-state index in [1.807, 2.05) is 18.3 Å². The van der Waals surface area contributed by atoms with Crippen LogP contribution < -0.4 is 0 Å². The van der Waals surface area contributed by atoms with Crippen LogP contribution in [0.2, 0.25) is 5.28 Å². The van der Waals surface area contributed by atoms with Crippen LogP contribution in [0.5, 0.6) is 0 Å². The van der Waals surface area contributed by atoms with Crippen molar-refractivity contribution >= 4 is 17.2 Å². The molecule has 0 fully saturated rings. The van der Waals surface area contributed by atoms with Gasteiger partial charge in [0.15, 0.2) is 5.65 Å². The van der Waals surface area contributed by atoms with Crippen molar-refractivity contribution in [2.45, 2.75) is 0 Å². The zero-order valence-electron chi connectivity index (χ0n) is 8.08. The second-order valence-electron chi connectivity index (χ2n) is 3.16. The molecule has 78 valence electrons. The molecule has 16 heavy (non-hydrogen) atoms. The fraction of sp³-hybridized carbons (Fsp3) is 0. The number of rotatable bonds is 1. The molecule has 0 N–H and O–H groups in total. The molecule has 0 radical (unpaired) electrons. The third-order valence-electron chi connectivity index (χ3n) is 2.15. The molecule has 6 heteroatoms. The Morgan fingerprint density at radius 3 is 2.75 bits per heavy atom. The maximum Gasteiger partial charge on any atom is 0.222 e. The Bertz CT molecular complexity index is 648. The molecule has 0 saturated heterocycles. The summed E-state index contributed by atoms with van der Waals surface area (Å²) in [5, 5.41) is 4.28. The summed E-state index contributed by atoms with van der Waals surface area (Å²) in [6.45, 7) is 0. The van der Waals surface area contributed by atoms with E-state index in [0.717, 1.165) is 11.3 Å². The van der Waals surface area contributed by atoms with E-state index in [1.165, 1.54) is 0 Å². The Labute approximate surface area is 95.8 Å². The number of hydrogen-bond acceptors (Lipinski definition) is 4. The molecule has 0 amide bonds. The van der Waals surface area contributed by atoms with Crippen LogP contribution in [0.1, 0.15) is 0 Å². The van der Waals surface area contributed by atoms with E-state index < -0.39 is 0 Å². The van der Waals surface area contributed by atoms with Gasteiger partial charge in [0.2, 0.25) is 5.28 Å². The van der Waals surface area contributed by atoms with Crippen molar-refractivity contribution in [3.05, 3.63) is 42.1 Å². The van der Waals surface area contributed by atoms with Crippen LogP contribution in [0.15, 0.2) is 36.8 Å². The summed E-state index contributed by atoms with van der Waals surface area (Å²) in [4.78, 5) is 12.3. The quantitative estimate of drug-likeness (QED) is 0.600. The van der Waals surface area contributed by atoms with Gasteiger partial charge in [-0.2, -0.15) is 5.10 Å². The minimum atomic E-state index is 0.215. The smallest absolute Gasteiger partial charge is 0.222 e. The Morgan fingerprint density at radius 1 is 1.00 bits per heavy atom. The Balaban J connectivity index is 2.18. The topological polar surface area (TPSA) is 56.0 Å². The molecule has 0 saturated carbocycles. The van der Waals surface area contributed by atoms with Crippen LogP contribution in [-0.4, -0.2) is 24.6 Å². The van der Waals surface area contributed by atoms with Crippen LogP contribution in [0.25, 0.3) is 17.0 Å². The lowest BCUT2D eigenvalue weighted by molar-refractivity contribution is 0.939. The summed E-state index contributed by atoms with van der Waals surface area (Å²) in [6.07, 6.45) is 5.12. The molecule has 5 nitrogen and oxygen atoms in total. The molecule has 0 aliphatic carbocycles. The first-order chi connectivity index (χ1) is 7.83. The van der Waals surface area contributed by atoms with E-state index in [2.05, 4.69) is 20.1 Å². The Kier molecular flexibility index (Phi) is 2.04. The third-order valence-corrected chi connectivity index (χ3v) is 2.33. The molecule has 0 spiro atoms. The molecular weight excluding hydrogens is 226 g/mol. The van der Waals surface area contributed by atoms with Gasteiger partial charge in [-0.15, -0.1) is 0 Å². The molecule has 3 rings (SSSR count). The van der Waals surface area contributed by atoms with Gasteiger partial charge in [-0.1, -0.05) is 0 Å². The van der Waals surface area contributed by atoms with Gasteiger partial charge in [-0.25, -0.2) is 19.5 Å². The highest BCUT2D eigenvalue weighted by molar-refractivity contribution is 6.28. The summed E-state index contributed by atoms with van der Waals surface area (Å²) in [5.41, 5.74) is 2.22. The van der Waals surface area contributed by atoms with Gasteiger partial charge in [0.1, 0.15) is 0 Å². The number of hydrogen-bond donors (Lipinski definition) is 0. The van der Waals surface area contributed by atoms with Crippen molar-refractivity contribution in [2.24, 2.45) is 0 Å². The molecule has 0 unspecified atom stereocenters. The van der Waals surface area contributed by atoms with Gasteiger partial charge in [-0.05, 0) is 23.7 Å². The van der Waals surface area contributed by atoms with Crippen molar-refractivity contribution < 1.29 is 0 Å². The highest BCUT2D eigenvalue weighted by Crippen LogP contribution is 2.15. The second kappa shape index (κ2) is 3.53. The lowest BCUT2D eigenvalue weighted by Gasteiger charge is -2.00. The van der Waals surface area contributed by atoms with Gasteiger partial charge in [0.25, 0.3) is 0 Å². The van der Waals surface area contributed by atoms with E-state index in [0.29, 0.717) is 5.69 Å². The molecule has 3 aromatic heterocycles. The number of aromatic nitrogens is 5. The van der Waals surface area contributed by atoms with Crippen molar-refractivity contribution in [1.82, 2.24) is 24.6 Å². The highest BCUT2D eigenvalue weighted by atomic mass is 35.5. The summed E-state index contributed by atoms with van der Waals surface area (Å²) in [6, 6.07) is 5.42. The van der Waals surface area contributed by atoms with Gasteiger partial charge >= 0.3 is 0 Å². The summed E-state index contributed by atoms with van der Waals surface area (Å²) in [5.74, 6) is 0. The van der Waals surface area contributed by atoms with E-state index >= 15 is 0 Å². The first-order valence-corrected chi connectivity index (χ1v) is 5.00. The van der Waals surface area contributed by atoms with Crippen molar-refractivity contribution in [1.29, 1.82) is 0 Å². The van der Waals surface area contributed by atoms with Gasteiger partial charge in [0.05, 0.1) is 17.6 Å². The van der Waals surface area contributed by atoms with Crippen molar-refractivity contribution in [3.63, 3.8) is 0 Å². The molecule has 0 aliphatic heterocycles. The van der Waals surface area contributed by atoms with Gasteiger partial charge in [0, 0.05) is 18.5 Å². The predicted octanol–water partition coefficient (Wildman–Crippen LogP) is 1.84. The SMILES string of the molecule is Clc1nccc(-c2ccn3nccc3n2)n1. The molecule has 3 heterocycles. The van der Waals surface area contributed by atoms with Crippen molar-refractivity contribution in [3.8, 4) is 11.4 Å². The fourth-order valence-electron chi connectivity index (χ4n) is 1.43. The van der Waals surface area contributed by atoms with Crippen LogP contribution in [0.4, 0.5) is 0 Å². The number of fused-ring (bicyclic) bond motifs is 1. The molecule has 0 bridgehead atoms. The zero-order valence-corrected chi connectivity index (χ0v) is 8.83. The minimum absolute atomic E-state index is 0.215. The molecule has 0 atom stereocenters. The first-order valence-electron chi connectivity index (χ1n) is 4.62. The van der Waals surface area contributed by atoms with Crippen LogP contribution in [0, 0.1) is 0 Å². The van der Waals surface area contributed by atoms with Crippen LogP contribution >= 0.6 is 11.6 Å². The maximum atomic E-state index is 5.72. The molecule has 3 aromatic rings. The lowest BCUT2D eigenvalue weighted by atomic mass is 10.3. The summed E-state index contributed by atoms with van der Waals surface area (Å²) in [7, 11) is 0. The Hall–Kier alpha value is -2.01. The summed E-state index contributed by atoms with van der Waals surface area (Å²) < 4.78 is 1.69. The maximum absolute atomic E-state index is 5.72. The molecule has 0 aliphatic rings. The second-order valence-corrected chi connectivity index (χ2v) is 3.50. The lowest BCUT2D eigenvalue weighted by Crippen LogP contribution is -1.93. The van der Waals surface area contributed by atoms with Gasteiger partial charge in [-0.3, -0.25) is 0 Å². The largest absolute Gasteiger partial charge is 0.227 e. The highest BCUT2D eigenvalue weighted by Gasteiger charge is 2.03. The van der Waals surface area contributed by atoms with Crippen LogP contribution in [-0.2, 0) is 0 Å². The average molecular weight is 232 g/mol. The molecule has 0 aromatic carbocycles. The third kappa shape index (κ3) is 1.51. The Morgan fingerprint density at radius 2 is 1.88 bits per heavy atom. The standard InChI is InChI=1S/C10H6ClN5/c11-10-12-4-1-7(15-10)8-3-6-16-9(14-8)2-5-13-16/h1-6H. The fourth-order valence-corrected chi connectivity index (χ4v) is 1.58. The minimum Gasteiger partial charge on any atom is -0.227 e. The first kappa shape index (κ1) is 9.23. The van der Waals surface area contributed by atoms with E-state index in [9.17, 15) is 0 Å².